The van der Waals surface area contributed by atoms with E-state index in [1.165, 1.54) is 6.07 Å². The molecule has 3 heterocycles. The highest BCUT2D eigenvalue weighted by molar-refractivity contribution is 6.03. The van der Waals surface area contributed by atoms with Crippen molar-refractivity contribution in [3.05, 3.63) is 41.8 Å². The molecule has 0 fully saturated rings. The second-order valence-electron chi connectivity index (χ2n) is 4.77. The van der Waals surface area contributed by atoms with Crippen LogP contribution in [0, 0.1) is 11.2 Å². The van der Waals surface area contributed by atoms with Gasteiger partial charge < -0.3 is 15.4 Å². The Bertz CT molecular complexity index is 961. The minimum Gasteiger partial charge on any atom is -0.494 e. The Labute approximate surface area is 123 Å². The number of rotatable bonds is 2. The maximum absolute atomic E-state index is 14.2. The third-order valence-corrected chi connectivity index (χ3v) is 3.41. The van der Waals surface area contributed by atoms with Crippen LogP contribution in [0.25, 0.3) is 10.8 Å². The Morgan fingerprint density at radius 3 is 3.00 bits per heavy atom. The molecule has 22 heavy (non-hydrogen) atoms. The molecule has 0 unspecified atom stereocenters. The number of aromatic hydroxyl groups is 1. The minimum atomic E-state index is -0.622. The molecular weight excluding hydrogens is 287 g/mol. The maximum Gasteiger partial charge on any atom is 0.198 e. The Kier molecular flexibility index (Phi) is 2.46. The number of pyridine rings is 1. The summed E-state index contributed by atoms with van der Waals surface area (Å²) in [6.45, 7) is 0. The van der Waals surface area contributed by atoms with Gasteiger partial charge in [0.2, 0.25) is 0 Å². The number of fused-ring (bicyclic) bond motifs is 2. The first-order valence-corrected chi connectivity index (χ1v) is 6.41. The number of benzene rings is 1. The first-order chi connectivity index (χ1) is 10.6. The molecule has 3 aromatic rings. The van der Waals surface area contributed by atoms with Crippen LogP contribution in [0.5, 0.6) is 5.88 Å². The number of amidine groups is 1. The lowest BCUT2D eigenvalue weighted by atomic mass is 10.2. The Morgan fingerprint density at radius 1 is 1.27 bits per heavy atom. The van der Waals surface area contributed by atoms with Crippen LogP contribution < -0.4 is 5.32 Å². The van der Waals surface area contributed by atoms with E-state index in [0.29, 0.717) is 11.1 Å². The number of hydrogen-bond acceptors (Lipinski definition) is 5. The molecule has 108 valence electrons. The van der Waals surface area contributed by atoms with Gasteiger partial charge in [-0.2, -0.15) is 0 Å². The van der Waals surface area contributed by atoms with E-state index in [1.807, 2.05) is 6.07 Å². The minimum absolute atomic E-state index is 0.0128. The topological polar surface area (TPSA) is 110 Å². The molecule has 0 saturated carbocycles. The first-order valence-electron chi connectivity index (χ1n) is 6.41. The predicted molar refractivity (Wildman–Crippen MR) is 78.8 cm³/mol. The van der Waals surface area contributed by atoms with Gasteiger partial charge in [-0.25, -0.2) is 9.37 Å². The number of nitrogens with one attached hydrogen (secondary N) is 3. The summed E-state index contributed by atoms with van der Waals surface area (Å²) in [5.74, 6) is -0.595. The fourth-order valence-electron chi connectivity index (χ4n) is 2.37. The molecule has 8 heteroatoms. The molecule has 0 saturated heterocycles. The Morgan fingerprint density at radius 2 is 2.14 bits per heavy atom. The maximum atomic E-state index is 14.2. The Hall–Kier alpha value is -3.29. The fraction of sp³-hybridized carbons (Fsp3) is 0. The number of halogens is 1. The number of aromatic nitrogens is 2. The van der Waals surface area contributed by atoms with Crippen molar-refractivity contribution in [1.29, 1.82) is 5.41 Å². The molecule has 0 amide bonds. The van der Waals surface area contributed by atoms with Gasteiger partial charge in [-0.05, 0) is 12.1 Å². The molecule has 0 bridgehead atoms. The van der Waals surface area contributed by atoms with Crippen LogP contribution in [-0.4, -0.2) is 20.9 Å². The number of H-pyrrole nitrogens is 1. The van der Waals surface area contributed by atoms with E-state index >= 15 is 0 Å². The molecule has 0 aliphatic carbocycles. The lowest BCUT2D eigenvalue weighted by molar-refractivity contribution is 0.463. The second kappa shape index (κ2) is 4.35. The van der Waals surface area contributed by atoms with Crippen LogP contribution in [0.15, 0.2) is 40.7 Å². The zero-order valence-corrected chi connectivity index (χ0v) is 11.1. The van der Waals surface area contributed by atoms with Gasteiger partial charge in [0, 0.05) is 11.6 Å². The molecule has 1 aliphatic heterocycles. The van der Waals surface area contributed by atoms with Crippen molar-refractivity contribution in [2.24, 2.45) is 10.2 Å². The highest BCUT2D eigenvalue weighted by atomic mass is 19.1. The standard InChI is InChI=1S/C14H9FN6O/c15-8-4-7-11(16)20-21-12(7)19-13(8)18-9-3-1-2-6-5-17-14(22)10(6)9/h1-5,16-17,22H,(H,18,19). The summed E-state index contributed by atoms with van der Waals surface area (Å²) >= 11 is 0. The van der Waals surface area contributed by atoms with E-state index in [0.717, 1.165) is 5.39 Å². The average Bonchev–Trinajstić information content (AvgIpc) is 3.05. The average molecular weight is 296 g/mol. The van der Waals surface area contributed by atoms with Gasteiger partial charge in [0.25, 0.3) is 0 Å². The number of hydrogen-bond donors (Lipinski definition) is 4. The van der Waals surface area contributed by atoms with Crippen molar-refractivity contribution >= 4 is 33.9 Å². The van der Waals surface area contributed by atoms with Crippen LogP contribution in [0.1, 0.15) is 5.56 Å². The van der Waals surface area contributed by atoms with Crippen molar-refractivity contribution in [3.8, 4) is 5.88 Å². The third kappa shape index (κ3) is 1.74. The largest absolute Gasteiger partial charge is 0.494 e. The van der Waals surface area contributed by atoms with E-state index in [1.54, 1.807) is 18.3 Å². The fourth-order valence-corrected chi connectivity index (χ4v) is 2.37. The molecule has 0 spiro atoms. The van der Waals surface area contributed by atoms with Crippen LogP contribution in [0.2, 0.25) is 0 Å². The Balaban J connectivity index is 1.82. The zero-order valence-electron chi connectivity index (χ0n) is 11.1. The molecule has 4 N–H and O–H groups in total. The van der Waals surface area contributed by atoms with E-state index in [2.05, 4.69) is 25.5 Å². The van der Waals surface area contributed by atoms with E-state index in [9.17, 15) is 9.50 Å². The number of azo groups is 1. The summed E-state index contributed by atoms with van der Waals surface area (Å²) in [5.41, 5.74) is 0.762. The van der Waals surface area contributed by atoms with Gasteiger partial charge in [-0.15, -0.1) is 10.2 Å². The summed E-state index contributed by atoms with van der Waals surface area (Å²) in [6, 6.07) is 6.47. The van der Waals surface area contributed by atoms with Gasteiger partial charge in [-0.1, -0.05) is 12.1 Å². The molecule has 1 aromatic carbocycles. The summed E-state index contributed by atoms with van der Waals surface area (Å²) in [6.07, 6.45) is 1.65. The van der Waals surface area contributed by atoms with Gasteiger partial charge in [0.15, 0.2) is 29.2 Å². The predicted octanol–water partition coefficient (Wildman–Crippen LogP) is 3.57. The molecular formula is C14H9FN6O. The van der Waals surface area contributed by atoms with Crippen molar-refractivity contribution in [2.45, 2.75) is 0 Å². The number of nitrogens with zero attached hydrogens (tertiary/aromatic N) is 3. The molecule has 1 aliphatic rings. The van der Waals surface area contributed by atoms with Gasteiger partial charge in [0.05, 0.1) is 16.6 Å². The number of anilines is 2. The van der Waals surface area contributed by atoms with E-state index < -0.39 is 5.82 Å². The summed E-state index contributed by atoms with van der Waals surface area (Å²) in [4.78, 5) is 6.74. The lowest BCUT2D eigenvalue weighted by Gasteiger charge is -2.09. The van der Waals surface area contributed by atoms with Crippen molar-refractivity contribution in [3.63, 3.8) is 0 Å². The quantitative estimate of drug-likeness (QED) is 0.580. The molecule has 0 radical (unpaired) electrons. The van der Waals surface area contributed by atoms with E-state index in [-0.39, 0.29) is 28.9 Å². The van der Waals surface area contributed by atoms with Crippen LogP contribution in [0.3, 0.4) is 0 Å². The van der Waals surface area contributed by atoms with Gasteiger partial charge >= 0.3 is 0 Å². The summed E-state index contributed by atoms with van der Waals surface area (Å²) in [7, 11) is 0. The smallest absolute Gasteiger partial charge is 0.198 e. The van der Waals surface area contributed by atoms with Gasteiger partial charge in [0.1, 0.15) is 0 Å². The third-order valence-electron chi connectivity index (χ3n) is 3.41. The SMILES string of the molecule is N=C1N=Nc2nc(Nc3cccc4c[nH]c(O)c34)c(F)cc21. The van der Waals surface area contributed by atoms with Crippen LogP contribution in [-0.2, 0) is 0 Å². The molecule has 7 nitrogen and oxygen atoms in total. The van der Waals surface area contributed by atoms with Crippen molar-refractivity contribution in [1.82, 2.24) is 9.97 Å². The van der Waals surface area contributed by atoms with E-state index in [4.69, 9.17) is 5.41 Å². The lowest BCUT2D eigenvalue weighted by Crippen LogP contribution is -2.00. The summed E-state index contributed by atoms with van der Waals surface area (Å²) < 4.78 is 14.2. The molecule has 2 aromatic heterocycles. The molecule has 0 atom stereocenters. The number of aromatic amines is 1. The van der Waals surface area contributed by atoms with Crippen LogP contribution >= 0.6 is 0 Å². The highest BCUT2D eigenvalue weighted by Gasteiger charge is 2.20. The monoisotopic (exact) mass is 296 g/mol. The highest BCUT2D eigenvalue weighted by Crippen LogP contribution is 2.34. The zero-order chi connectivity index (χ0) is 15.3. The van der Waals surface area contributed by atoms with Crippen molar-refractivity contribution in [2.75, 3.05) is 5.32 Å². The van der Waals surface area contributed by atoms with Gasteiger partial charge in [-0.3, -0.25) is 5.41 Å². The normalized spacial score (nSPS) is 12.9. The van der Waals surface area contributed by atoms with Crippen LogP contribution in [0.4, 0.5) is 21.7 Å². The molecule has 4 rings (SSSR count). The second-order valence-corrected chi connectivity index (χ2v) is 4.77. The first kappa shape index (κ1) is 12.5. The summed E-state index contributed by atoms with van der Waals surface area (Å²) in [5, 5.41) is 28.8. The van der Waals surface area contributed by atoms with Crippen molar-refractivity contribution < 1.29 is 9.50 Å².